The molecular formula is C13H17N3O4. The van der Waals surface area contributed by atoms with E-state index in [1.54, 1.807) is 12.1 Å². The third-order valence-corrected chi connectivity index (χ3v) is 2.57. The van der Waals surface area contributed by atoms with E-state index in [9.17, 15) is 10.1 Å². The average Bonchev–Trinajstić information content (AvgIpc) is 2.80. The third-order valence-electron chi connectivity index (χ3n) is 2.57. The Kier molecular flexibility index (Phi) is 4.52. The molecule has 2 aromatic rings. The summed E-state index contributed by atoms with van der Waals surface area (Å²) in [7, 11) is 0. The molecule has 0 aliphatic heterocycles. The lowest BCUT2D eigenvalue weighted by molar-refractivity contribution is -0.383. The van der Waals surface area contributed by atoms with Gasteiger partial charge >= 0.3 is 0 Å². The molecule has 2 rings (SSSR count). The molecule has 0 saturated carbocycles. The summed E-state index contributed by atoms with van der Waals surface area (Å²) in [4.78, 5) is 14.5. The molecule has 1 aromatic carbocycles. The standard InChI is InChI=1S/C13H17N3O4/c1-9(2)8-19-7-6-14-13-15-12-10(16(17)18)4-3-5-11(12)20-13/h3-5,9H,6-8H2,1-2H3,(H,14,15). The molecule has 108 valence electrons. The van der Waals surface area contributed by atoms with Crippen molar-refractivity contribution in [3.05, 3.63) is 28.3 Å². The minimum atomic E-state index is -0.472. The molecule has 0 saturated heterocycles. The monoisotopic (exact) mass is 279 g/mol. The molecule has 0 radical (unpaired) electrons. The lowest BCUT2D eigenvalue weighted by atomic mass is 10.2. The second kappa shape index (κ2) is 6.33. The Bertz CT molecular complexity index is 594. The molecule has 7 nitrogen and oxygen atoms in total. The summed E-state index contributed by atoms with van der Waals surface area (Å²) in [5, 5.41) is 13.8. The van der Waals surface area contributed by atoms with Crippen molar-refractivity contribution in [1.29, 1.82) is 0 Å². The number of anilines is 1. The minimum absolute atomic E-state index is 0.0599. The predicted molar refractivity (Wildman–Crippen MR) is 74.8 cm³/mol. The molecule has 1 N–H and O–H groups in total. The number of nitro benzene ring substituents is 1. The van der Waals surface area contributed by atoms with Gasteiger partial charge in [0, 0.05) is 19.2 Å². The maximum absolute atomic E-state index is 10.9. The fourth-order valence-electron chi connectivity index (χ4n) is 1.71. The van der Waals surface area contributed by atoms with Crippen LogP contribution in [0.2, 0.25) is 0 Å². The van der Waals surface area contributed by atoms with Gasteiger partial charge in [0.05, 0.1) is 11.5 Å². The normalized spacial score (nSPS) is 11.2. The number of oxazole rings is 1. The third kappa shape index (κ3) is 3.45. The summed E-state index contributed by atoms with van der Waals surface area (Å²) >= 11 is 0. The zero-order valence-corrected chi connectivity index (χ0v) is 11.5. The average molecular weight is 279 g/mol. The van der Waals surface area contributed by atoms with Crippen molar-refractivity contribution in [3.63, 3.8) is 0 Å². The van der Waals surface area contributed by atoms with Crippen molar-refractivity contribution in [2.24, 2.45) is 5.92 Å². The summed E-state index contributed by atoms with van der Waals surface area (Å²) in [6.07, 6.45) is 0. The van der Waals surface area contributed by atoms with Crippen molar-refractivity contribution >= 4 is 22.8 Å². The molecule has 0 amide bonds. The molecule has 7 heteroatoms. The Labute approximate surface area is 116 Å². The highest BCUT2D eigenvalue weighted by Gasteiger charge is 2.16. The molecule has 0 unspecified atom stereocenters. The number of nitro groups is 1. The molecule has 0 spiro atoms. The van der Waals surface area contributed by atoms with Gasteiger partial charge in [-0.05, 0) is 12.0 Å². The van der Waals surface area contributed by atoms with Gasteiger partial charge in [-0.15, -0.1) is 0 Å². The molecule has 0 atom stereocenters. The van der Waals surface area contributed by atoms with Gasteiger partial charge in [0.15, 0.2) is 11.1 Å². The van der Waals surface area contributed by atoms with Crippen molar-refractivity contribution < 1.29 is 14.1 Å². The van der Waals surface area contributed by atoms with Crippen molar-refractivity contribution in [3.8, 4) is 0 Å². The summed E-state index contributed by atoms with van der Waals surface area (Å²) < 4.78 is 10.8. The van der Waals surface area contributed by atoms with Crippen molar-refractivity contribution in [2.75, 3.05) is 25.1 Å². The van der Waals surface area contributed by atoms with E-state index >= 15 is 0 Å². The van der Waals surface area contributed by atoms with Gasteiger partial charge in [-0.1, -0.05) is 19.9 Å². The van der Waals surface area contributed by atoms with E-state index in [2.05, 4.69) is 24.1 Å². The molecule has 1 aromatic heterocycles. The lowest BCUT2D eigenvalue weighted by Crippen LogP contribution is -2.12. The van der Waals surface area contributed by atoms with Crippen LogP contribution < -0.4 is 5.32 Å². The zero-order valence-electron chi connectivity index (χ0n) is 11.5. The van der Waals surface area contributed by atoms with Gasteiger partial charge in [0.1, 0.15) is 0 Å². The van der Waals surface area contributed by atoms with E-state index in [1.165, 1.54) is 6.07 Å². The van der Waals surface area contributed by atoms with Crippen LogP contribution in [0.15, 0.2) is 22.6 Å². The highest BCUT2D eigenvalue weighted by Crippen LogP contribution is 2.27. The molecule has 0 fully saturated rings. The van der Waals surface area contributed by atoms with Crippen molar-refractivity contribution in [2.45, 2.75) is 13.8 Å². The first-order chi connectivity index (χ1) is 9.58. The molecule has 20 heavy (non-hydrogen) atoms. The van der Waals surface area contributed by atoms with Crippen LogP contribution in [0.1, 0.15) is 13.8 Å². The summed E-state index contributed by atoms with van der Waals surface area (Å²) in [6, 6.07) is 4.89. The molecule has 0 aliphatic rings. The number of nitrogens with zero attached hydrogens (tertiary/aromatic N) is 2. The van der Waals surface area contributed by atoms with Crippen LogP contribution in [0, 0.1) is 16.0 Å². The fourth-order valence-corrected chi connectivity index (χ4v) is 1.71. The number of non-ortho nitro benzene ring substituents is 1. The second-order valence-electron chi connectivity index (χ2n) is 4.80. The summed E-state index contributed by atoms with van der Waals surface area (Å²) in [6.45, 7) is 5.91. The van der Waals surface area contributed by atoms with Gasteiger partial charge in [-0.2, -0.15) is 4.98 Å². The smallest absolute Gasteiger partial charge is 0.298 e. The van der Waals surface area contributed by atoms with Crippen LogP contribution in [-0.4, -0.2) is 29.7 Å². The van der Waals surface area contributed by atoms with Crippen LogP contribution >= 0.6 is 0 Å². The van der Waals surface area contributed by atoms with Gasteiger partial charge in [0.2, 0.25) is 0 Å². The van der Waals surface area contributed by atoms with Crippen LogP contribution in [0.4, 0.5) is 11.7 Å². The first kappa shape index (κ1) is 14.3. The van der Waals surface area contributed by atoms with Gasteiger partial charge < -0.3 is 14.5 Å². The molecule has 0 aliphatic carbocycles. The van der Waals surface area contributed by atoms with Gasteiger partial charge in [-0.25, -0.2) is 0 Å². The van der Waals surface area contributed by atoms with Gasteiger partial charge in [-0.3, -0.25) is 10.1 Å². The van der Waals surface area contributed by atoms with E-state index in [-0.39, 0.29) is 17.2 Å². The van der Waals surface area contributed by atoms with E-state index in [0.29, 0.717) is 31.3 Å². The Morgan fingerprint density at radius 1 is 1.50 bits per heavy atom. The molecular weight excluding hydrogens is 262 g/mol. The quantitative estimate of drug-likeness (QED) is 0.476. The van der Waals surface area contributed by atoms with Crippen molar-refractivity contribution in [1.82, 2.24) is 4.98 Å². The molecule has 0 bridgehead atoms. The fraction of sp³-hybridized carbons (Fsp3) is 0.462. The number of aromatic nitrogens is 1. The predicted octanol–water partition coefficient (Wildman–Crippen LogP) is 2.82. The Morgan fingerprint density at radius 3 is 3.00 bits per heavy atom. The number of hydrogen-bond acceptors (Lipinski definition) is 6. The molecule has 1 heterocycles. The number of ether oxygens (including phenoxy) is 1. The second-order valence-corrected chi connectivity index (χ2v) is 4.80. The number of fused-ring (bicyclic) bond motifs is 1. The van der Waals surface area contributed by atoms with E-state index in [1.807, 2.05) is 0 Å². The number of hydrogen-bond donors (Lipinski definition) is 1. The summed E-state index contributed by atoms with van der Waals surface area (Å²) in [5.74, 6) is 0.488. The first-order valence-electron chi connectivity index (χ1n) is 6.43. The highest BCUT2D eigenvalue weighted by molar-refractivity contribution is 5.83. The Hall–Kier alpha value is -2.15. The number of benzene rings is 1. The van der Waals surface area contributed by atoms with Crippen LogP contribution in [0.3, 0.4) is 0 Å². The maximum Gasteiger partial charge on any atom is 0.298 e. The van der Waals surface area contributed by atoms with E-state index in [4.69, 9.17) is 9.15 Å². The topological polar surface area (TPSA) is 90.4 Å². The lowest BCUT2D eigenvalue weighted by Gasteiger charge is -2.06. The van der Waals surface area contributed by atoms with Crippen LogP contribution in [0.25, 0.3) is 11.1 Å². The first-order valence-corrected chi connectivity index (χ1v) is 6.43. The largest absolute Gasteiger partial charge is 0.423 e. The zero-order chi connectivity index (χ0) is 14.5. The highest BCUT2D eigenvalue weighted by atomic mass is 16.6. The summed E-state index contributed by atoms with van der Waals surface area (Å²) in [5.41, 5.74) is 0.586. The van der Waals surface area contributed by atoms with Crippen LogP contribution in [-0.2, 0) is 4.74 Å². The Balaban J connectivity index is 1.98. The van der Waals surface area contributed by atoms with Crippen LogP contribution in [0.5, 0.6) is 0 Å². The Morgan fingerprint density at radius 2 is 2.30 bits per heavy atom. The number of rotatable bonds is 7. The van der Waals surface area contributed by atoms with E-state index < -0.39 is 4.92 Å². The minimum Gasteiger partial charge on any atom is -0.423 e. The number of nitrogens with one attached hydrogen (secondary N) is 1. The van der Waals surface area contributed by atoms with Gasteiger partial charge in [0.25, 0.3) is 11.7 Å². The number of para-hydroxylation sites is 1. The maximum atomic E-state index is 10.9. The SMILES string of the molecule is CC(C)COCCNc1nc2c([N+](=O)[O-])cccc2o1. The van der Waals surface area contributed by atoms with E-state index in [0.717, 1.165) is 0 Å².